The molecule has 0 N–H and O–H groups in total. The van der Waals surface area contributed by atoms with Crippen LogP contribution in [0.1, 0.15) is 11.3 Å². The number of hydrogen-bond donors (Lipinski definition) is 0. The molecule has 5 rings (SSSR count). The van der Waals surface area contributed by atoms with Crippen LogP contribution in [0.25, 0.3) is 22.0 Å². The second kappa shape index (κ2) is 8.16. The largest absolute Gasteiger partial charge is 0.293 e. The lowest BCUT2D eigenvalue weighted by molar-refractivity contribution is 0.648. The van der Waals surface area contributed by atoms with Gasteiger partial charge in [0.25, 0.3) is 5.56 Å². The number of benzene rings is 3. The molecule has 6 nitrogen and oxygen atoms in total. The standard InChI is InChI=1S/C24H18ClN5O/c25-20-9-6-17(7-10-20)13-30-15-21(27-28-30)14-29-16-26-23-11-8-19(12-22(23)24(29)31)18-4-2-1-3-5-18/h1-12,15-16H,13-14H2. The van der Waals surface area contributed by atoms with Crippen LogP contribution in [-0.2, 0) is 13.1 Å². The molecule has 0 aliphatic heterocycles. The molecule has 2 heterocycles. The van der Waals surface area contributed by atoms with E-state index in [0.717, 1.165) is 16.7 Å². The van der Waals surface area contributed by atoms with Gasteiger partial charge in [-0.25, -0.2) is 9.67 Å². The molecule has 3 aromatic carbocycles. The minimum absolute atomic E-state index is 0.102. The number of aromatic nitrogens is 5. The summed E-state index contributed by atoms with van der Waals surface area (Å²) >= 11 is 5.94. The van der Waals surface area contributed by atoms with E-state index < -0.39 is 0 Å². The predicted molar refractivity (Wildman–Crippen MR) is 121 cm³/mol. The molecule has 0 atom stereocenters. The molecule has 2 aromatic heterocycles. The number of halogens is 1. The summed E-state index contributed by atoms with van der Waals surface area (Å²) in [6.45, 7) is 0.882. The molecule has 152 valence electrons. The zero-order valence-corrected chi connectivity index (χ0v) is 17.3. The van der Waals surface area contributed by atoms with Crippen LogP contribution >= 0.6 is 11.6 Å². The molecule has 31 heavy (non-hydrogen) atoms. The van der Waals surface area contributed by atoms with Crippen LogP contribution in [0.4, 0.5) is 0 Å². The van der Waals surface area contributed by atoms with Crippen LogP contribution in [0.3, 0.4) is 0 Å². The number of nitrogens with zero attached hydrogens (tertiary/aromatic N) is 5. The van der Waals surface area contributed by atoms with E-state index in [1.807, 2.05) is 79.0 Å². The summed E-state index contributed by atoms with van der Waals surface area (Å²) < 4.78 is 3.30. The average molecular weight is 428 g/mol. The molecular weight excluding hydrogens is 410 g/mol. The summed E-state index contributed by atoms with van der Waals surface area (Å²) in [5.74, 6) is 0. The Bertz CT molecular complexity index is 1410. The molecule has 5 aromatic rings. The third-order valence-corrected chi connectivity index (χ3v) is 5.36. The van der Waals surface area contributed by atoms with E-state index in [1.54, 1.807) is 15.6 Å². The van der Waals surface area contributed by atoms with Gasteiger partial charge in [0.1, 0.15) is 5.69 Å². The molecule has 0 unspecified atom stereocenters. The van der Waals surface area contributed by atoms with E-state index in [2.05, 4.69) is 15.3 Å². The molecule has 0 amide bonds. The van der Waals surface area contributed by atoms with Crippen molar-refractivity contribution in [1.82, 2.24) is 24.5 Å². The lowest BCUT2D eigenvalue weighted by Crippen LogP contribution is -2.21. The van der Waals surface area contributed by atoms with Gasteiger partial charge in [0, 0.05) is 5.02 Å². The minimum Gasteiger partial charge on any atom is -0.293 e. The maximum absolute atomic E-state index is 13.1. The van der Waals surface area contributed by atoms with Crippen molar-refractivity contribution >= 4 is 22.5 Å². The lowest BCUT2D eigenvalue weighted by atomic mass is 10.0. The van der Waals surface area contributed by atoms with Gasteiger partial charge in [0.05, 0.1) is 36.5 Å². The topological polar surface area (TPSA) is 65.6 Å². The Morgan fingerprint density at radius 3 is 2.48 bits per heavy atom. The molecule has 0 aliphatic carbocycles. The second-order valence-electron chi connectivity index (χ2n) is 7.31. The normalized spacial score (nSPS) is 11.1. The number of fused-ring (bicyclic) bond motifs is 1. The maximum atomic E-state index is 13.1. The molecule has 0 fully saturated rings. The first-order valence-electron chi connectivity index (χ1n) is 9.84. The summed E-state index contributed by atoms with van der Waals surface area (Å²) in [7, 11) is 0. The third-order valence-electron chi connectivity index (χ3n) is 5.11. The highest BCUT2D eigenvalue weighted by atomic mass is 35.5. The second-order valence-corrected chi connectivity index (χ2v) is 7.75. The Morgan fingerprint density at radius 1 is 0.871 bits per heavy atom. The third kappa shape index (κ3) is 4.11. The van der Waals surface area contributed by atoms with Crippen molar-refractivity contribution < 1.29 is 0 Å². The Morgan fingerprint density at radius 2 is 1.68 bits per heavy atom. The van der Waals surface area contributed by atoms with Gasteiger partial charge in [-0.1, -0.05) is 65.3 Å². The van der Waals surface area contributed by atoms with Gasteiger partial charge in [0.15, 0.2) is 0 Å². The quantitative estimate of drug-likeness (QED) is 0.417. The molecule has 0 bridgehead atoms. The van der Waals surface area contributed by atoms with E-state index in [-0.39, 0.29) is 5.56 Å². The van der Waals surface area contributed by atoms with Crippen molar-refractivity contribution in [2.75, 3.05) is 0 Å². The van der Waals surface area contributed by atoms with Crippen LogP contribution in [0.2, 0.25) is 5.02 Å². The first-order chi connectivity index (χ1) is 15.2. The maximum Gasteiger partial charge on any atom is 0.261 e. The van der Waals surface area contributed by atoms with E-state index in [1.165, 1.54) is 0 Å². The van der Waals surface area contributed by atoms with Crippen molar-refractivity contribution in [3.05, 3.63) is 112 Å². The Balaban J connectivity index is 1.41. The molecule has 0 spiro atoms. The Hall–Kier alpha value is -3.77. The highest BCUT2D eigenvalue weighted by Crippen LogP contribution is 2.21. The molecule has 0 radical (unpaired) electrons. The van der Waals surface area contributed by atoms with Crippen molar-refractivity contribution in [3.63, 3.8) is 0 Å². The smallest absolute Gasteiger partial charge is 0.261 e. The van der Waals surface area contributed by atoms with Crippen LogP contribution in [0.15, 0.2) is 90.1 Å². The van der Waals surface area contributed by atoms with E-state index in [9.17, 15) is 4.79 Å². The van der Waals surface area contributed by atoms with Crippen LogP contribution in [0, 0.1) is 0 Å². The number of rotatable bonds is 5. The molecular formula is C24H18ClN5O. The van der Waals surface area contributed by atoms with Gasteiger partial charge >= 0.3 is 0 Å². The fraction of sp³-hybridized carbons (Fsp3) is 0.0833. The van der Waals surface area contributed by atoms with Gasteiger partial charge in [-0.3, -0.25) is 9.36 Å². The Labute approximate surface area is 183 Å². The summed E-state index contributed by atoms with van der Waals surface area (Å²) in [6.07, 6.45) is 3.40. The van der Waals surface area contributed by atoms with Gasteiger partial charge in [-0.15, -0.1) is 5.10 Å². The molecule has 0 aliphatic rings. The zero-order chi connectivity index (χ0) is 21.2. The number of hydrogen-bond acceptors (Lipinski definition) is 4. The van der Waals surface area contributed by atoms with Crippen LogP contribution in [0.5, 0.6) is 0 Å². The summed E-state index contributed by atoms with van der Waals surface area (Å²) in [4.78, 5) is 17.6. The SMILES string of the molecule is O=c1c2cc(-c3ccccc3)ccc2ncn1Cc1cn(Cc2ccc(Cl)cc2)nn1. The monoisotopic (exact) mass is 427 g/mol. The highest BCUT2D eigenvalue weighted by Gasteiger charge is 2.09. The summed E-state index contributed by atoms with van der Waals surface area (Å²) in [5.41, 5.74) is 4.38. The van der Waals surface area contributed by atoms with E-state index in [4.69, 9.17) is 11.6 Å². The highest BCUT2D eigenvalue weighted by molar-refractivity contribution is 6.30. The predicted octanol–water partition coefficient (Wildman–Crippen LogP) is 4.41. The molecule has 7 heteroatoms. The van der Waals surface area contributed by atoms with Gasteiger partial charge in [0.2, 0.25) is 0 Å². The van der Waals surface area contributed by atoms with Gasteiger partial charge in [-0.2, -0.15) is 0 Å². The fourth-order valence-corrected chi connectivity index (χ4v) is 3.65. The van der Waals surface area contributed by atoms with Crippen molar-refractivity contribution in [2.24, 2.45) is 0 Å². The zero-order valence-electron chi connectivity index (χ0n) is 16.5. The first-order valence-corrected chi connectivity index (χ1v) is 10.2. The first kappa shape index (κ1) is 19.2. The minimum atomic E-state index is -0.102. The van der Waals surface area contributed by atoms with Crippen LogP contribution in [-0.4, -0.2) is 24.5 Å². The van der Waals surface area contributed by atoms with Gasteiger partial charge < -0.3 is 0 Å². The average Bonchev–Trinajstić information content (AvgIpc) is 3.24. The molecule has 0 saturated heterocycles. The molecule has 0 saturated carbocycles. The van der Waals surface area contributed by atoms with Crippen molar-refractivity contribution in [1.29, 1.82) is 0 Å². The summed E-state index contributed by atoms with van der Waals surface area (Å²) in [6, 6.07) is 23.3. The summed E-state index contributed by atoms with van der Waals surface area (Å²) in [5, 5.41) is 9.66. The Kier molecular flexibility index (Phi) is 5.06. The lowest BCUT2D eigenvalue weighted by Gasteiger charge is -2.07. The van der Waals surface area contributed by atoms with Crippen molar-refractivity contribution in [2.45, 2.75) is 13.1 Å². The fourth-order valence-electron chi connectivity index (χ4n) is 3.52. The van der Waals surface area contributed by atoms with Crippen molar-refractivity contribution in [3.8, 4) is 11.1 Å². The van der Waals surface area contributed by atoms with E-state index in [0.29, 0.717) is 34.7 Å². The van der Waals surface area contributed by atoms with Crippen LogP contribution < -0.4 is 5.56 Å². The van der Waals surface area contributed by atoms with Gasteiger partial charge in [-0.05, 0) is 41.0 Å². The van der Waals surface area contributed by atoms with E-state index >= 15 is 0 Å².